The highest BCUT2D eigenvalue weighted by molar-refractivity contribution is 8.26. The van der Waals surface area contributed by atoms with E-state index in [0.717, 1.165) is 28.5 Å². The first-order chi connectivity index (χ1) is 14.0. The van der Waals surface area contributed by atoms with E-state index in [1.54, 1.807) is 15.7 Å². The van der Waals surface area contributed by atoms with Crippen LogP contribution in [0.5, 0.6) is 0 Å². The first-order valence-electron chi connectivity index (χ1n) is 9.12. The lowest BCUT2D eigenvalue weighted by atomic mass is 10.1. The molecule has 0 spiro atoms. The van der Waals surface area contributed by atoms with E-state index in [9.17, 15) is 9.59 Å². The van der Waals surface area contributed by atoms with Crippen LogP contribution in [0.4, 0.5) is 0 Å². The highest BCUT2D eigenvalue weighted by Crippen LogP contribution is 2.34. The van der Waals surface area contributed by atoms with Crippen LogP contribution in [0.25, 0.3) is 17.0 Å². The third-order valence-electron chi connectivity index (χ3n) is 4.75. The molecule has 7 heteroatoms. The predicted molar refractivity (Wildman–Crippen MR) is 120 cm³/mol. The van der Waals surface area contributed by atoms with Gasteiger partial charge in [-0.2, -0.15) is 0 Å². The number of amides is 1. The molecule has 2 aromatic carbocycles. The number of thiocarbonyl (C=S) groups is 1. The Balaban J connectivity index is 1.59. The molecule has 1 saturated heterocycles. The normalized spacial score (nSPS) is 15.6. The van der Waals surface area contributed by atoms with Gasteiger partial charge in [0.15, 0.2) is 0 Å². The molecule has 0 bridgehead atoms. The van der Waals surface area contributed by atoms with Crippen molar-refractivity contribution in [3.8, 4) is 0 Å². The Hall–Kier alpha value is -2.90. The van der Waals surface area contributed by atoms with Crippen molar-refractivity contribution in [2.24, 2.45) is 0 Å². The third-order valence-corrected chi connectivity index (χ3v) is 6.13. The molecule has 0 saturated carbocycles. The van der Waals surface area contributed by atoms with E-state index in [1.807, 2.05) is 60.7 Å². The van der Waals surface area contributed by atoms with E-state index >= 15 is 0 Å². The summed E-state index contributed by atoms with van der Waals surface area (Å²) < 4.78 is 2.23. The molecule has 0 atom stereocenters. The number of hydrogen-bond acceptors (Lipinski definition) is 4. The van der Waals surface area contributed by atoms with Crippen LogP contribution in [-0.2, 0) is 22.6 Å². The summed E-state index contributed by atoms with van der Waals surface area (Å²) in [5.41, 5.74) is 2.79. The van der Waals surface area contributed by atoms with Gasteiger partial charge < -0.3 is 9.67 Å². The Morgan fingerprint density at radius 1 is 1.10 bits per heavy atom. The summed E-state index contributed by atoms with van der Waals surface area (Å²) in [5.74, 6) is -1.02. The number of fused-ring (bicyclic) bond motifs is 1. The Labute approximate surface area is 177 Å². The van der Waals surface area contributed by atoms with Crippen molar-refractivity contribution in [3.63, 3.8) is 0 Å². The number of thioether (sulfide) groups is 1. The second kappa shape index (κ2) is 8.23. The van der Waals surface area contributed by atoms with Crippen molar-refractivity contribution in [1.82, 2.24) is 9.47 Å². The first-order valence-corrected chi connectivity index (χ1v) is 10.3. The number of rotatable bonds is 6. The summed E-state index contributed by atoms with van der Waals surface area (Å²) in [6.45, 7) is 0.402. The number of carbonyl (C=O) groups is 2. The fraction of sp³-hybridized carbons (Fsp3) is 0.136. The van der Waals surface area contributed by atoms with Crippen molar-refractivity contribution in [2.75, 3.05) is 6.54 Å². The molecule has 1 aromatic heterocycles. The molecule has 146 valence electrons. The maximum atomic E-state index is 12.9. The fourth-order valence-electron chi connectivity index (χ4n) is 3.39. The van der Waals surface area contributed by atoms with E-state index < -0.39 is 5.97 Å². The van der Waals surface area contributed by atoms with Crippen LogP contribution < -0.4 is 0 Å². The lowest BCUT2D eigenvalue weighted by Gasteiger charge is -2.14. The maximum absolute atomic E-state index is 12.9. The molecule has 1 amide bonds. The molecule has 0 aliphatic carbocycles. The molecule has 29 heavy (non-hydrogen) atoms. The number of carboxylic acids is 1. The van der Waals surface area contributed by atoms with E-state index in [2.05, 4.69) is 0 Å². The van der Waals surface area contributed by atoms with Gasteiger partial charge in [0, 0.05) is 29.2 Å². The third kappa shape index (κ3) is 4.11. The summed E-state index contributed by atoms with van der Waals surface area (Å²) >= 11 is 6.72. The molecular formula is C22H18N2O3S2. The zero-order valence-electron chi connectivity index (χ0n) is 15.4. The number of nitrogens with zero attached hydrogens (tertiary/aromatic N) is 2. The van der Waals surface area contributed by atoms with Crippen LogP contribution in [0, 0.1) is 0 Å². The SMILES string of the molecule is O=C(O)Cn1cc(/C=C2\SC(=S)N(CCc3ccccc3)C2=O)c2ccccc21. The number of carboxylic acid groups (broad SMARTS) is 1. The summed E-state index contributed by atoms with van der Waals surface area (Å²) in [5, 5.41) is 10.1. The Kier molecular flexibility index (Phi) is 5.51. The summed E-state index contributed by atoms with van der Waals surface area (Å²) in [7, 11) is 0. The molecule has 0 unspecified atom stereocenters. The average Bonchev–Trinajstić information content (AvgIpc) is 3.18. The number of carbonyl (C=O) groups excluding carboxylic acids is 1. The van der Waals surface area contributed by atoms with Gasteiger partial charge in [0.05, 0.1) is 4.91 Å². The summed E-state index contributed by atoms with van der Waals surface area (Å²) in [6.07, 6.45) is 4.32. The number of benzene rings is 2. The highest BCUT2D eigenvalue weighted by Gasteiger charge is 2.31. The van der Waals surface area contributed by atoms with Crippen LogP contribution in [-0.4, -0.2) is 37.3 Å². The smallest absolute Gasteiger partial charge is 0.323 e. The van der Waals surface area contributed by atoms with Gasteiger partial charge >= 0.3 is 5.97 Å². The van der Waals surface area contributed by atoms with Crippen LogP contribution >= 0.6 is 24.0 Å². The zero-order chi connectivity index (χ0) is 20.4. The van der Waals surface area contributed by atoms with Crippen molar-refractivity contribution < 1.29 is 14.7 Å². The molecule has 3 aromatic rings. The minimum atomic E-state index is -0.912. The van der Waals surface area contributed by atoms with Gasteiger partial charge in [0.25, 0.3) is 5.91 Å². The second-order valence-electron chi connectivity index (χ2n) is 6.69. The molecule has 2 heterocycles. The summed E-state index contributed by atoms with van der Waals surface area (Å²) in [6, 6.07) is 17.6. The summed E-state index contributed by atoms with van der Waals surface area (Å²) in [4.78, 5) is 26.3. The first kappa shape index (κ1) is 19.4. The molecular weight excluding hydrogens is 404 g/mol. The van der Waals surface area contributed by atoms with Crippen molar-refractivity contribution in [2.45, 2.75) is 13.0 Å². The molecule has 5 nitrogen and oxygen atoms in total. The fourth-order valence-corrected chi connectivity index (χ4v) is 4.69. The minimum absolute atomic E-state index is 0.106. The Bertz CT molecular complexity index is 1140. The largest absolute Gasteiger partial charge is 0.480 e. The van der Waals surface area contributed by atoms with Gasteiger partial charge in [-0.3, -0.25) is 14.5 Å². The van der Waals surface area contributed by atoms with Crippen LogP contribution in [0.1, 0.15) is 11.1 Å². The molecule has 0 radical (unpaired) electrons. The van der Waals surface area contributed by atoms with E-state index in [0.29, 0.717) is 15.8 Å². The Morgan fingerprint density at radius 3 is 2.59 bits per heavy atom. The molecule has 1 fully saturated rings. The maximum Gasteiger partial charge on any atom is 0.323 e. The second-order valence-corrected chi connectivity index (χ2v) is 8.37. The van der Waals surface area contributed by atoms with Gasteiger partial charge in [0.2, 0.25) is 0 Å². The number of para-hydroxylation sites is 1. The van der Waals surface area contributed by atoms with Gasteiger partial charge in [-0.1, -0.05) is 72.5 Å². The van der Waals surface area contributed by atoms with Crippen molar-refractivity contribution in [3.05, 3.63) is 76.8 Å². The number of aromatic nitrogens is 1. The van der Waals surface area contributed by atoms with Gasteiger partial charge in [0.1, 0.15) is 10.9 Å². The topological polar surface area (TPSA) is 62.5 Å². The van der Waals surface area contributed by atoms with E-state index in [4.69, 9.17) is 17.3 Å². The average molecular weight is 423 g/mol. The lowest BCUT2D eigenvalue weighted by molar-refractivity contribution is -0.137. The zero-order valence-corrected chi connectivity index (χ0v) is 17.1. The standard InChI is InChI=1S/C22H18N2O3S2/c25-20(26)14-23-13-16(17-8-4-5-9-18(17)23)12-19-21(27)24(22(28)29-19)11-10-15-6-2-1-3-7-15/h1-9,12-13H,10-11,14H2,(H,25,26)/b19-12-. The number of aliphatic carboxylic acids is 1. The van der Waals surface area contributed by atoms with Crippen LogP contribution in [0.15, 0.2) is 65.7 Å². The van der Waals surface area contributed by atoms with E-state index in [1.165, 1.54) is 11.8 Å². The Morgan fingerprint density at radius 2 is 1.83 bits per heavy atom. The predicted octanol–water partition coefficient (Wildman–Crippen LogP) is 4.17. The van der Waals surface area contributed by atoms with Crippen LogP contribution in [0.3, 0.4) is 0 Å². The molecule has 1 N–H and O–H groups in total. The van der Waals surface area contributed by atoms with Crippen molar-refractivity contribution >= 4 is 57.2 Å². The lowest BCUT2D eigenvalue weighted by Crippen LogP contribution is -2.30. The molecule has 4 rings (SSSR count). The van der Waals surface area contributed by atoms with Gasteiger partial charge in [-0.05, 0) is 24.1 Å². The van der Waals surface area contributed by atoms with Gasteiger partial charge in [-0.15, -0.1) is 0 Å². The monoisotopic (exact) mass is 422 g/mol. The van der Waals surface area contributed by atoms with Crippen molar-refractivity contribution in [1.29, 1.82) is 0 Å². The van der Waals surface area contributed by atoms with Gasteiger partial charge in [-0.25, -0.2) is 0 Å². The molecule has 1 aliphatic rings. The highest BCUT2D eigenvalue weighted by atomic mass is 32.2. The number of hydrogen-bond donors (Lipinski definition) is 1. The van der Waals surface area contributed by atoms with E-state index in [-0.39, 0.29) is 12.5 Å². The quantitative estimate of drug-likeness (QED) is 0.477. The minimum Gasteiger partial charge on any atom is -0.480 e. The van der Waals surface area contributed by atoms with Crippen LogP contribution in [0.2, 0.25) is 0 Å². The molecule has 1 aliphatic heterocycles.